The monoisotopic (exact) mass is 432 g/mol. The van der Waals surface area contributed by atoms with Crippen molar-refractivity contribution in [2.75, 3.05) is 0 Å². The van der Waals surface area contributed by atoms with E-state index in [1.54, 1.807) is 6.33 Å². The molecule has 3 aromatic heterocycles. The predicted octanol–water partition coefficient (Wildman–Crippen LogP) is 4.85. The number of halogens is 2. The topological polar surface area (TPSA) is 61.4 Å². The predicted molar refractivity (Wildman–Crippen MR) is 117 cm³/mol. The average Bonchev–Trinajstić information content (AvgIpc) is 3.37. The van der Waals surface area contributed by atoms with Crippen LogP contribution in [0.15, 0.2) is 42.9 Å². The molecule has 0 saturated heterocycles. The number of aromatic nitrogens is 6. The summed E-state index contributed by atoms with van der Waals surface area (Å²) >= 11 is 0. The zero-order valence-electron chi connectivity index (χ0n) is 17.8. The number of rotatable bonds is 4. The zero-order chi connectivity index (χ0) is 22.2. The summed E-state index contributed by atoms with van der Waals surface area (Å²) in [4.78, 5) is 13.6. The van der Waals surface area contributed by atoms with Crippen LogP contribution >= 0.6 is 0 Å². The van der Waals surface area contributed by atoms with Gasteiger partial charge >= 0.3 is 0 Å². The third-order valence-corrected chi connectivity index (χ3v) is 5.65. The molecule has 0 spiro atoms. The molecular formula is C24H22F2N6. The highest BCUT2D eigenvalue weighted by molar-refractivity contribution is 5.65. The Kier molecular flexibility index (Phi) is 5.13. The molecule has 1 aromatic carbocycles. The minimum atomic E-state index is -0.576. The Hall–Kier alpha value is -3.68. The van der Waals surface area contributed by atoms with E-state index in [0.717, 1.165) is 54.0 Å². The highest BCUT2D eigenvalue weighted by Crippen LogP contribution is 2.33. The van der Waals surface area contributed by atoms with E-state index >= 15 is 0 Å². The van der Waals surface area contributed by atoms with Crippen LogP contribution in [0.5, 0.6) is 0 Å². The van der Waals surface area contributed by atoms with Crippen molar-refractivity contribution in [3.63, 3.8) is 0 Å². The van der Waals surface area contributed by atoms with E-state index in [-0.39, 0.29) is 5.92 Å². The molecule has 5 rings (SSSR count). The van der Waals surface area contributed by atoms with Crippen molar-refractivity contribution < 1.29 is 8.78 Å². The van der Waals surface area contributed by atoms with Crippen LogP contribution in [0, 0.1) is 25.5 Å². The van der Waals surface area contributed by atoms with Gasteiger partial charge in [0.1, 0.15) is 17.5 Å². The van der Waals surface area contributed by atoms with E-state index in [1.807, 2.05) is 53.6 Å². The molecule has 0 radical (unpaired) electrons. The van der Waals surface area contributed by atoms with Crippen LogP contribution in [0.3, 0.4) is 0 Å². The molecule has 0 aliphatic carbocycles. The largest absolute Gasteiger partial charge is 0.304 e. The molecule has 1 aliphatic heterocycles. The second-order valence-corrected chi connectivity index (χ2v) is 8.05. The van der Waals surface area contributed by atoms with Crippen LogP contribution in [0.4, 0.5) is 8.78 Å². The quantitative estimate of drug-likeness (QED) is 0.463. The maximum atomic E-state index is 13.7. The van der Waals surface area contributed by atoms with Crippen molar-refractivity contribution in [2.45, 2.75) is 39.2 Å². The molecular weight excluding hydrogens is 410 g/mol. The molecule has 6 nitrogen and oxygen atoms in total. The maximum Gasteiger partial charge on any atom is 0.174 e. The van der Waals surface area contributed by atoms with Crippen LogP contribution in [0.2, 0.25) is 0 Å². The van der Waals surface area contributed by atoms with E-state index in [4.69, 9.17) is 0 Å². The summed E-state index contributed by atoms with van der Waals surface area (Å²) in [7, 11) is 0. The molecule has 4 heterocycles. The first kappa shape index (κ1) is 20.2. The Morgan fingerprint density at radius 2 is 1.84 bits per heavy atom. The summed E-state index contributed by atoms with van der Waals surface area (Å²) in [6.07, 6.45) is 9.07. The van der Waals surface area contributed by atoms with Gasteiger partial charge in [-0.05, 0) is 68.7 Å². The smallest absolute Gasteiger partial charge is 0.174 e. The van der Waals surface area contributed by atoms with E-state index < -0.39 is 11.6 Å². The molecule has 0 bridgehead atoms. The van der Waals surface area contributed by atoms with E-state index in [2.05, 4.69) is 20.1 Å². The Bertz CT molecular complexity index is 1300. The number of aryl methyl sites for hydroxylation is 3. The van der Waals surface area contributed by atoms with Crippen LogP contribution in [0.1, 0.15) is 53.1 Å². The highest BCUT2D eigenvalue weighted by atomic mass is 19.1. The lowest BCUT2D eigenvalue weighted by Crippen LogP contribution is -2.18. The minimum Gasteiger partial charge on any atom is -0.304 e. The van der Waals surface area contributed by atoms with Crippen molar-refractivity contribution in [3.05, 3.63) is 88.8 Å². The van der Waals surface area contributed by atoms with Gasteiger partial charge in [-0.2, -0.15) is 5.10 Å². The summed E-state index contributed by atoms with van der Waals surface area (Å²) < 4.78 is 31.3. The van der Waals surface area contributed by atoms with Gasteiger partial charge in [0.2, 0.25) is 0 Å². The number of benzene rings is 1. The minimum absolute atomic E-state index is 0.179. The number of hydrogen-bond acceptors (Lipinski definition) is 4. The van der Waals surface area contributed by atoms with E-state index in [1.165, 1.54) is 12.1 Å². The fraction of sp³-hybridized carbons (Fsp3) is 0.250. The first-order valence-electron chi connectivity index (χ1n) is 10.5. The molecule has 0 N–H and O–H groups in total. The third kappa shape index (κ3) is 3.95. The maximum absolute atomic E-state index is 13.7. The first-order chi connectivity index (χ1) is 15.5. The van der Waals surface area contributed by atoms with Crippen molar-refractivity contribution in [1.82, 2.24) is 29.3 Å². The summed E-state index contributed by atoms with van der Waals surface area (Å²) in [5.74, 6) is -0.0460. The lowest BCUT2D eigenvalue weighted by Gasteiger charge is -2.22. The molecule has 162 valence electrons. The molecule has 4 aromatic rings. The van der Waals surface area contributed by atoms with Gasteiger partial charge < -0.3 is 4.57 Å². The number of fused-ring (bicyclic) bond motifs is 1. The molecule has 0 unspecified atom stereocenters. The first-order valence-corrected chi connectivity index (χ1v) is 10.5. The van der Waals surface area contributed by atoms with E-state index in [9.17, 15) is 8.78 Å². The number of imidazole rings is 1. The lowest BCUT2D eigenvalue weighted by molar-refractivity contribution is 0.443. The fourth-order valence-electron chi connectivity index (χ4n) is 4.18. The van der Waals surface area contributed by atoms with Crippen molar-refractivity contribution >= 4 is 12.2 Å². The molecule has 0 saturated carbocycles. The lowest BCUT2D eigenvalue weighted by atomic mass is 9.91. The molecule has 32 heavy (non-hydrogen) atoms. The molecule has 8 heteroatoms. The number of pyridine rings is 1. The van der Waals surface area contributed by atoms with Crippen LogP contribution in [-0.4, -0.2) is 29.3 Å². The van der Waals surface area contributed by atoms with Gasteiger partial charge in [-0.25, -0.2) is 23.4 Å². The fourth-order valence-corrected chi connectivity index (χ4v) is 4.18. The summed E-state index contributed by atoms with van der Waals surface area (Å²) in [5, 5.41) is 4.57. The van der Waals surface area contributed by atoms with Crippen LogP contribution < -0.4 is 0 Å². The standard InChI is InChI=1S/C24H22F2N6/c1-15-13-31(14-27-15)22-7-5-20(28-16(22)2)6-8-23-29-24-21(4-3-9-32(24)30-23)17-10-18(25)12-19(26)11-17/h5-8,10-14,21H,3-4,9H2,1-2H3/b8-6+/t21-/m0/s1. The molecule has 0 amide bonds. The Balaban J connectivity index is 1.40. The second kappa shape index (κ2) is 8.11. The van der Waals surface area contributed by atoms with Gasteiger partial charge in [-0.3, -0.25) is 4.98 Å². The summed E-state index contributed by atoms with van der Waals surface area (Å²) in [6, 6.07) is 7.58. The average molecular weight is 432 g/mol. The zero-order valence-corrected chi connectivity index (χ0v) is 17.8. The summed E-state index contributed by atoms with van der Waals surface area (Å²) in [5.41, 5.74) is 4.19. The van der Waals surface area contributed by atoms with Gasteiger partial charge in [0.05, 0.1) is 29.1 Å². The van der Waals surface area contributed by atoms with Crippen molar-refractivity contribution in [3.8, 4) is 5.69 Å². The van der Waals surface area contributed by atoms with Gasteiger partial charge in [-0.1, -0.05) is 0 Å². The third-order valence-electron chi connectivity index (χ3n) is 5.65. The summed E-state index contributed by atoms with van der Waals surface area (Å²) in [6.45, 7) is 4.64. The van der Waals surface area contributed by atoms with Gasteiger partial charge in [-0.15, -0.1) is 0 Å². The van der Waals surface area contributed by atoms with Gasteiger partial charge in [0.15, 0.2) is 5.82 Å². The Labute approximate surface area is 184 Å². The van der Waals surface area contributed by atoms with Gasteiger partial charge in [0.25, 0.3) is 0 Å². The normalized spacial score (nSPS) is 15.9. The Morgan fingerprint density at radius 1 is 1.03 bits per heavy atom. The van der Waals surface area contributed by atoms with Crippen molar-refractivity contribution in [1.29, 1.82) is 0 Å². The number of hydrogen-bond donors (Lipinski definition) is 0. The second-order valence-electron chi connectivity index (χ2n) is 8.05. The van der Waals surface area contributed by atoms with Crippen molar-refractivity contribution in [2.24, 2.45) is 0 Å². The Morgan fingerprint density at radius 3 is 2.56 bits per heavy atom. The SMILES string of the molecule is Cc1cn(-c2ccc(/C=C/c3nc4n(n3)CCC[C@H]4c3cc(F)cc(F)c3)nc2C)cn1. The van der Waals surface area contributed by atoms with Gasteiger partial charge in [0, 0.05) is 24.7 Å². The number of nitrogens with zero attached hydrogens (tertiary/aromatic N) is 6. The van der Waals surface area contributed by atoms with Crippen LogP contribution in [-0.2, 0) is 6.54 Å². The van der Waals surface area contributed by atoms with Crippen LogP contribution in [0.25, 0.3) is 17.8 Å². The molecule has 0 fully saturated rings. The molecule has 1 atom stereocenters. The molecule has 1 aliphatic rings. The highest BCUT2D eigenvalue weighted by Gasteiger charge is 2.26. The van der Waals surface area contributed by atoms with E-state index in [0.29, 0.717) is 11.4 Å².